The Morgan fingerprint density at radius 1 is 0.931 bits per heavy atom. The molecule has 2 aromatic carbocycles. The molecule has 0 radical (unpaired) electrons. The van der Waals surface area contributed by atoms with Gasteiger partial charge in [-0.05, 0) is 22.3 Å². The molecule has 2 amide bonds. The first-order valence-corrected chi connectivity index (χ1v) is 9.21. The number of rotatable bonds is 9. The van der Waals surface area contributed by atoms with Crippen molar-refractivity contribution in [2.24, 2.45) is 0 Å². The fraction of sp³-hybridized carbons (Fsp3) is 0.286. The van der Waals surface area contributed by atoms with Gasteiger partial charge in [-0.15, -0.1) is 0 Å². The number of hydrogen-bond donors (Lipinski definition) is 3. The molecule has 0 unspecified atom stereocenters. The number of hydrogen-bond acceptors (Lipinski definition) is 5. The highest BCUT2D eigenvalue weighted by Gasteiger charge is 2.28. The monoisotopic (exact) mass is 398 g/mol. The summed E-state index contributed by atoms with van der Waals surface area (Å²) in [6.07, 6.45) is -0.564. The van der Waals surface area contributed by atoms with Gasteiger partial charge in [0.25, 0.3) is 0 Å². The molecule has 3 rings (SSSR count). The van der Waals surface area contributed by atoms with Crippen LogP contribution in [0, 0.1) is 0 Å². The van der Waals surface area contributed by atoms with E-state index in [-0.39, 0.29) is 32.3 Å². The number of amides is 2. The average Bonchev–Trinajstić information content (AvgIpc) is 3.04. The highest BCUT2D eigenvalue weighted by atomic mass is 16.5. The van der Waals surface area contributed by atoms with Crippen molar-refractivity contribution in [1.29, 1.82) is 0 Å². The highest BCUT2D eigenvalue weighted by Crippen LogP contribution is 2.44. The summed E-state index contributed by atoms with van der Waals surface area (Å²) in [6.45, 7) is -0.244. The number of ether oxygens (including phenoxy) is 2. The summed E-state index contributed by atoms with van der Waals surface area (Å²) < 4.78 is 10.5. The van der Waals surface area contributed by atoms with Crippen LogP contribution >= 0.6 is 0 Å². The molecule has 0 aromatic heterocycles. The van der Waals surface area contributed by atoms with Gasteiger partial charge in [-0.1, -0.05) is 48.5 Å². The second kappa shape index (κ2) is 9.70. The molecule has 0 saturated carbocycles. The van der Waals surface area contributed by atoms with Gasteiger partial charge in [0.05, 0.1) is 6.61 Å². The third-order valence-electron chi connectivity index (χ3n) is 4.53. The van der Waals surface area contributed by atoms with Crippen molar-refractivity contribution < 1.29 is 29.0 Å². The maximum Gasteiger partial charge on any atom is 0.407 e. The Kier molecular flexibility index (Phi) is 6.80. The Bertz CT molecular complexity index is 853. The SMILES string of the molecule is O=C(O)CNC(=O)COCCNC(=O)OCC1c2ccccc2-c2ccccc21. The van der Waals surface area contributed by atoms with Crippen LogP contribution in [0.15, 0.2) is 48.5 Å². The summed E-state index contributed by atoms with van der Waals surface area (Å²) in [5.74, 6) is -1.67. The van der Waals surface area contributed by atoms with Crippen LogP contribution in [0.2, 0.25) is 0 Å². The van der Waals surface area contributed by atoms with Crippen LogP contribution in [0.1, 0.15) is 17.0 Å². The molecule has 1 aliphatic carbocycles. The molecule has 8 heteroatoms. The minimum atomic E-state index is -1.13. The Hall–Kier alpha value is -3.39. The highest BCUT2D eigenvalue weighted by molar-refractivity contribution is 5.82. The first-order chi connectivity index (χ1) is 14.1. The summed E-state index contributed by atoms with van der Waals surface area (Å²) >= 11 is 0. The Labute approximate surface area is 167 Å². The first kappa shape index (κ1) is 20.3. The number of carbonyl (C=O) groups is 3. The number of alkyl carbamates (subject to hydrolysis) is 1. The van der Waals surface area contributed by atoms with E-state index in [0.717, 1.165) is 22.3 Å². The normalized spacial score (nSPS) is 12.0. The van der Waals surface area contributed by atoms with E-state index < -0.39 is 24.5 Å². The maximum absolute atomic E-state index is 12.0. The number of carboxylic acid groups (broad SMARTS) is 1. The van der Waals surface area contributed by atoms with Gasteiger partial charge >= 0.3 is 12.1 Å². The topological polar surface area (TPSA) is 114 Å². The van der Waals surface area contributed by atoms with Crippen LogP contribution < -0.4 is 10.6 Å². The lowest BCUT2D eigenvalue weighted by Crippen LogP contribution is -2.34. The summed E-state index contributed by atoms with van der Waals surface area (Å²) in [5.41, 5.74) is 4.59. The third-order valence-corrected chi connectivity index (χ3v) is 4.53. The van der Waals surface area contributed by atoms with Crippen LogP contribution in [0.5, 0.6) is 0 Å². The fourth-order valence-electron chi connectivity index (χ4n) is 3.26. The van der Waals surface area contributed by atoms with Crippen molar-refractivity contribution in [1.82, 2.24) is 10.6 Å². The van der Waals surface area contributed by atoms with Crippen molar-refractivity contribution in [3.05, 3.63) is 59.7 Å². The van der Waals surface area contributed by atoms with E-state index >= 15 is 0 Å². The molecule has 0 heterocycles. The summed E-state index contributed by atoms with van der Waals surface area (Å²) in [4.78, 5) is 33.6. The molecule has 2 aromatic rings. The van der Waals surface area contributed by atoms with Crippen LogP contribution in [-0.4, -0.2) is 56.0 Å². The zero-order chi connectivity index (χ0) is 20.6. The molecule has 0 atom stereocenters. The number of carboxylic acids is 1. The van der Waals surface area contributed by atoms with E-state index in [9.17, 15) is 14.4 Å². The largest absolute Gasteiger partial charge is 0.480 e. The molecule has 8 nitrogen and oxygen atoms in total. The molecule has 152 valence electrons. The molecular formula is C21H22N2O6. The molecule has 29 heavy (non-hydrogen) atoms. The van der Waals surface area contributed by atoms with Crippen molar-refractivity contribution in [2.45, 2.75) is 5.92 Å². The summed E-state index contributed by atoms with van der Waals surface area (Å²) in [6, 6.07) is 16.2. The van der Waals surface area contributed by atoms with E-state index in [0.29, 0.717) is 0 Å². The van der Waals surface area contributed by atoms with Gasteiger partial charge in [-0.2, -0.15) is 0 Å². The molecule has 0 spiro atoms. The van der Waals surface area contributed by atoms with Crippen LogP contribution in [-0.2, 0) is 19.1 Å². The molecule has 3 N–H and O–H groups in total. The van der Waals surface area contributed by atoms with Crippen molar-refractivity contribution >= 4 is 18.0 Å². The number of carbonyl (C=O) groups excluding carboxylic acids is 2. The summed E-state index contributed by atoms with van der Waals surface area (Å²) in [7, 11) is 0. The Balaban J connectivity index is 1.40. The van der Waals surface area contributed by atoms with E-state index in [1.54, 1.807) is 0 Å². The maximum atomic E-state index is 12.0. The average molecular weight is 398 g/mol. The predicted octanol–water partition coefficient (Wildman–Crippen LogP) is 1.74. The van der Waals surface area contributed by atoms with Crippen LogP contribution in [0.4, 0.5) is 4.79 Å². The quantitative estimate of drug-likeness (QED) is 0.555. The van der Waals surface area contributed by atoms with Crippen LogP contribution in [0.3, 0.4) is 0 Å². The molecule has 0 bridgehead atoms. The number of aliphatic carboxylic acids is 1. The summed E-state index contributed by atoms with van der Waals surface area (Å²) in [5, 5.41) is 13.2. The Morgan fingerprint density at radius 2 is 1.55 bits per heavy atom. The molecular weight excluding hydrogens is 376 g/mol. The number of nitrogens with one attached hydrogen (secondary N) is 2. The van der Waals surface area contributed by atoms with E-state index in [1.165, 1.54) is 0 Å². The first-order valence-electron chi connectivity index (χ1n) is 9.21. The zero-order valence-corrected chi connectivity index (χ0v) is 15.7. The molecule has 0 aliphatic heterocycles. The van der Waals surface area contributed by atoms with Crippen LogP contribution in [0.25, 0.3) is 11.1 Å². The molecule has 1 aliphatic rings. The lowest BCUT2D eigenvalue weighted by molar-refractivity contribution is -0.138. The third kappa shape index (κ3) is 5.32. The van der Waals surface area contributed by atoms with E-state index in [2.05, 4.69) is 22.8 Å². The van der Waals surface area contributed by atoms with Crippen molar-refractivity contribution in [2.75, 3.05) is 32.9 Å². The number of benzene rings is 2. The van der Waals surface area contributed by atoms with Gasteiger partial charge in [-0.3, -0.25) is 9.59 Å². The van der Waals surface area contributed by atoms with Crippen molar-refractivity contribution in [3.63, 3.8) is 0 Å². The Morgan fingerprint density at radius 3 is 2.17 bits per heavy atom. The second-order valence-corrected chi connectivity index (χ2v) is 6.48. The predicted molar refractivity (Wildman–Crippen MR) is 105 cm³/mol. The van der Waals surface area contributed by atoms with Gasteiger partial charge in [0.15, 0.2) is 0 Å². The lowest BCUT2D eigenvalue weighted by Gasteiger charge is -2.14. The molecule has 0 fully saturated rings. The van der Waals surface area contributed by atoms with Gasteiger partial charge in [0.2, 0.25) is 5.91 Å². The standard InChI is InChI=1S/C21H22N2O6/c24-19(23-11-20(25)26)13-28-10-9-22-21(27)29-12-18-16-7-3-1-5-14(16)15-6-2-4-8-17(15)18/h1-8,18H,9-13H2,(H,22,27)(H,23,24)(H,25,26). The van der Waals surface area contributed by atoms with Crippen molar-refractivity contribution in [3.8, 4) is 11.1 Å². The lowest BCUT2D eigenvalue weighted by atomic mass is 9.98. The van der Waals surface area contributed by atoms with E-state index in [4.69, 9.17) is 14.6 Å². The van der Waals surface area contributed by atoms with Gasteiger partial charge in [0.1, 0.15) is 19.8 Å². The van der Waals surface area contributed by atoms with E-state index in [1.807, 2.05) is 36.4 Å². The second-order valence-electron chi connectivity index (χ2n) is 6.48. The zero-order valence-electron chi connectivity index (χ0n) is 15.7. The number of fused-ring (bicyclic) bond motifs is 3. The van der Waals surface area contributed by atoms with Gasteiger partial charge in [0, 0.05) is 12.5 Å². The minimum Gasteiger partial charge on any atom is -0.480 e. The minimum absolute atomic E-state index is 0.0117. The van der Waals surface area contributed by atoms with Gasteiger partial charge in [-0.25, -0.2) is 4.79 Å². The fourth-order valence-corrected chi connectivity index (χ4v) is 3.26. The smallest absolute Gasteiger partial charge is 0.407 e. The van der Waals surface area contributed by atoms with Gasteiger partial charge < -0.3 is 25.2 Å². The molecule has 0 saturated heterocycles.